The zero-order valence-electron chi connectivity index (χ0n) is 7.30. The Morgan fingerprint density at radius 3 is 2.75 bits per heavy atom. The van der Waals surface area contributed by atoms with Crippen LogP contribution < -0.4 is 5.73 Å². The number of hydrogen-bond acceptors (Lipinski definition) is 3. The highest BCUT2D eigenvalue weighted by atomic mass is 32.1. The second-order valence-corrected chi connectivity index (χ2v) is 4.24. The Balaban J connectivity index is 2.77. The molecule has 4 heteroatoms. The first-order chi connectivity index (χ1) is 5.54. The summed E-state index contributed by atoms with van der Waals surface area (Å²) in [7, 11) is 0. The molecule has 0 bridgehead atoms. The summed E-state index contributed by atoms with van der Waals surface area (Å²) in [5.74, 6) is 0. The molecule has 0 unspecified atom stereocenters. The molecule has 0 spiro atoms. The van der Waals surface area contributed by atoms with Crippen molar-refractivity contribution in [2.75, 3.05) is 6.54 Å². The van der Waals surface area contributed by atoms with Gasteiger partial charge in [-0.2, -0.15) is 0 Å². The molecule has 0 saturated carbocycles. The normalized spacial score (nSPS) is 12.0. The third-order valence-electron chi connectivity index (χ3n) is 1.50. The van der Waals surface area contributed by atoms with Crippen LogP contribution >= 0.6 is 11.3 Å². The van der Waals surface area contributed by atoms with Crippen LogP contribution in [0.4, 0.5) is 4.39 Å². The van der Waals surface area contributed by atoms with E-state index in [0.29, 0.717) is 11.4 Å². The number of thiazole rings is 1. The summed E-state index contributed by atoms with van der Waals surface area (Å²) in [5, 5.41) is 0.915. The number of nitrogens with zero attached hydrogens (tertiary/aromatic N) is 1. The Kier molecular flexibility index (Phi) is 2.80. The fourth-order valence-corrected chi connectivity index (χ4v) is 1.75. The minimum Gasteiger partial charge on any atom is -0.330 e. The lowest BCUT2D eigenvalue weighted by molar-refractivity contribution is 0.226. The predicted molar refractivity (Wildman–Crippen MR) is 49.0 cm³/mol. The van der Waals surface area contributed by atoms with Gasteiger partial charge in [-0.15, -0.1) is 11.3 Å². The molecule has 0 amide bonds. The lowest BCUT2D eigenvalue weighted by Crippen LogP contribution is -2.05. The van der Waals surface area contributed by atoms with Crippen LogP contribution in [0.3, 0.4) is 0 Å². The first kappa shape index (κ1) is 9.61. The van der Waals surface area contributed by atoms with Crippen LogP contribution in [-0.2, 0) is 12.1 Å². The summed E-state index contributed by atoms with van der Waals surface area (Å²) in [6.07, 6.45) is 2.33. The Morgan fingerprint density at radius 1 is 1.67 bits per heavy atom. The van der Waals surface area contributed by atoms with Gasteiger partial charge in [0.25, 0.3) is 0 Å². The maximum atomic E-state index is 13.3. The van der Waals surface area contributed by atoms with Crippen molar-refractivity contribution in [3.05, 3.63) is 16.1 Å². The van der Waals surface area contributed by atoms with Gasteiger partial charge in [0.1, 0.15) is 5.67 Å². The van der Waals surface area contributed by atoms with E-state index in [4.69, 9.17) is 5.73 Å². The molecule has 0 aliphatic rings. The fraction of sp³-hybridized carbons (Fsp3) is 0.625. The molecule has 0 atom stereocenters. The monoisotopic (exact) mass is 188 g/mol. The molecule has 1 rings (SSSR count). The van der Waals surface area contributed by atoms with Crippen LogP contribution in [-0.4, -0.2) is 11.5 Å². The van der Waals surface area contributed by atoms with E-state index in [2.05, 4.69) is 4.98 Å². The van der Waals surface area contributed by atoms with Gasteiger partial charge in [0.15, 0.2) is 0 Å². The smallest absolute Gasteiger partial charge is 0.141 e. The van der Waals surface area contributed by atoms with E-state index in [0.717, 1.165) is 11.4 Å². The molecule has 12 heavy (non-hydrogen) atoms. The van der Waals surface area contributed by atoms with Crippen molar-refractivity contribution in [2.24, 2.45) is 5.73 Å². The molecule has 0 fully saturated rings. The summed E-state index contributed by atoms with van der Waals surface area (Å²) in [5.41, 5.74) is 4.08. The second-order valence-electron chi connectivity index (χ2n) is 3.13. The molecule has 2 nitrogen and oxygen atoms in total. The van der Waals surface area contributed by atoms with E-state index in [1.165, 1.54) is 25.2 Å². The number of alkyl halides is 1. The molecule has 0 aliphatic heterocycles. The average Bonchev–Trinajstić information content (AvgIpc) is 2.35. The summed E-state index contributed by atoms with van der Waals surface area (Å²) in [4.78, 5) is 4.74. The molecular formula is C8H13FN2S. The molecule has 1 heterocycles. The van der Waals surface area contributed by atoms with Crippen LogP contribution in [0.1, 0.15) is 23.7 Å². The second kappa shape index (κ2) is 3.49. The average molecular weight is 188 g/mol. The van der Waals surface area contributed by atoms with Crippen LogP contribution in [0.2, 0.25) is 0 Å². The van der Waals surface area contributed by atoms with Gasteiger partial charge in [-0.3, -0.25) is 0 Å². The highest BCUT2D eigenvalue weighted by Crippen LogP contribution is 2.29. The maximum Gasteiger partial charge on any atom is 0.141 e. The standard InChI is InChI=1S/C8H13FN2S/c1-8(2,9)6-5-11-7(12-6)3-4-10/h5H,3-4,10H2,1-2H3. The summed E-state index contributed by atoms with van der Waals surface area (Å²) in [6, 6.07) is 0. The van der Waals surface area contributed by atoms with Gasteiger partial charge in [0.2, 0.25) is 0 Å². The lowest BCUT2D eigenvalue weighted by atomic mass is 10.1. The molecule has 1 aromatic heterocycles. The minimum atomic E-state index is -1.27. The van der Waals surface area contributed by atoms with Crippen molar-refractivity contribution in [1.29, 1.82) is 0 Å². The van der Waals surface area contributed by atoms with Gasteiger partial charge in [-0.1, -0.05) is 0 Å². The molecule has 0 saturated heterocycles. The molecule has 0 aliphatic carbocycles. The number of rotatable bonds is 3. The number of hydrogen-bond donors (Lipinski definition) is 1. The third-order valence-corrected chi connectivity index (χ3v) is 2.85. The van der Waals surface area contributed by atoms with E-state index in [9.17, 15) is 4.39 Å². The first-order valence-electron chi connectivity index (χ1n) is 3.88. The Labute approximate surface area is 75.6 Å². The van der Waals surface area contributed by atoms with Gasteiger partial charge in [0, 0.05) is 12.6 Å². The number of aromatic nitrogens is 1. The zero-order chi connectivity index (χ0) is 9.19. The van der Waals surface area contributed by atoms with Crippen LogP contribution in [0.25, 0.3) is 0 Å². The Morgan fingerprint density at radius 2 is 2.33 bits per heavy atom. The van der Waals surface area contributed by atoms with Crippen molar-refractivity contribution < 1.29 is 4.39 Å². The largest absolute Gasteiger partial charge is 0.330 e. The van der Waals surface area contributed by atoms with Gasteiger partial charge in [0.05, 0.1) is 9.88 Å². The molecule has 1 aromatic rings. The van der Waals surface area contributed by atoms with Crippen LogP contribution in [0.5, 0.6) is 0 Å². The van der Waals surface area contributed by atoms with Gasteiger partial charge >= 0.3 is 0 Å². The topological polar surface area (TPSA) is 38.9 Å². The first-order valence-corrected chi connectivity index (χ1v) is 4.70. The molecular weight excluding hydrogens is 175 g/mol. The summed E-state index contributed by atoms with van der Waals surface area (Å²) >= 11 is 1.40. The molecule has 0 aromatic carbocycles. The van der Waals surface area contributed by atoms with Gasteiger partial charge < -0.3 is 5.73 Å². The van der Waals surface area contributed by atoms with Crippen molar-refractivity contribution in [3.8, 4) is 0 Å². The van der Waals surface area contributed by atoms with Gasteiger partial charge in [-0.05, 0) is 20.4 Å². The minimum absolute atomic E-state index is 0.569. The van der Waals surface area contributed by atoms with E-state index in [-0.39, 0.29) is 0 Å². The number of halogens is 1. The summed E-state index contributed by atoms with van der Waals surface area (Å²) < 4.78 is 13.3. The van der Waals surface area contributed by atoms with Crippen LogP contribution in [0.15, 0.2) is 6.20 Å². The summed E-state index contributed by atoms with van der Waals surface area (Å²) in [6.45, 7) is 3.64. The zero-order valence-corrected chi connectivity index (χ0v) is 8.12. The highest BCUT2D eigenvalue weighted by Gasteiger charge is 2.21. The van der Waals surface area contributed by atoms with E-state index < -0.39 is 5.67 Å². The lowest BCUT2D eigenvalue weighted by Gasteiger charge is -2.09. The maximum absolute atomic E-state index is 13.3. The molecule has 0 radical (unpaired) electrons. The van der Waals surface area contributed by atoms with Crippen molar-refractivity contribution in [3.63, 3.8) is 0 Å². The van der Waals surface area contributed by atoms with Crippen molar-refractivity contribution in [2.45, 2.75) is 25.9 Å². The van der Waals surface area contributed by atoms with E-state index >= 15 is 0 Å². The number of nitrogens with two attached hydrogens (primary N) is 1. The third kappa shape index (κ3) is 2.25. The SMILES string of the molecule is CC(C)(F)c1cnc(CCN)s1. The predicted octanol–water partition coefficient (Wildman–Crippen LogP) is 1.85. The Hall–Kier alpha value is -0.480. The van der Waals surface area contributed by atoms with E-state index in [1.54, 1.807) is 6.20 Å². The van der Waals surface area contributed by atoms with Crippen LogP contribution in [0, 0.1) is 0 Å². The molecule has 68 valence electrons. The van der Waals surface area contributed by atoms with E-state index in [1.807, 2.05) is 0 Å². The molecule has 2 N–H and O–H groups in total. The fourth-order valence-electron chi connectivity index (χ4n) is 0.824. The quantitative estimate of drug-likeness (QED) is 0.786. The van der Waals surface area contributed by atoms with Gasteiger partial charge in [-0.25, -0.2) is 9.37 Å². The van der Waals surface area contributed by atoms with Crippen molar-refractivity contribution in [1.82, 2.24) is 4.98 Å². The Bertz CT molecular complexity index is 252. The highest BCUT2D eigenvalue weighted by molar-refractivity contribution is 7.11. The van der Waals surface area contributed by atoms with Crippen molar-refractivity contribution >= 4 is 11.3 Å².